The van der Waals surface area contributed by atoms with Crippen LogP contribution in [0.1, 0.15) is 19.8 Å². The fourth-order valence-corrected chi connectivity index (χ4v) is 3.32. The number of likely N-dealkylation sites (tertiary alicyclic amines) is 1. The van der Waals surface area contributed by atoms with Crippen LogP contribution in [0.15, 0.2) is 24.3 Å². The maximum Gasteiger partial charge on any atom is 0.414 e. The van der Waals surface area contributed by atoms with Crippen molar-refractivity contribution in [3.63, 3.8) is 0 Å². The van der Waals surface area contributed by atoms with Crippen molar-refractivity contribution in [1.82, 2.24) is 10.2 Å². The second kappa shape index (κ2) is 8.92. The quantitative estimate of drug-likeness (QED) is 0.732. The topological polar surface area (TPSA) is 108 Å². The van der Waals surface area contributed by atoms with E-state index in [-0.39, 0.29) is 30.6 Å². The number of aliphatic hydroxyl groups excluding tert-OH is 1. The number of hydrogen-bond acceptors (Lipinski definition) is 6. The number of benzene rings is 1. The van der Waals surface area contributed by atoms with Crippen LogP contribution in [0.2, 0.25) is 0 Å². The Morgan fingerprint density at radius 2 is 1.93 bits per heavy atom. The number of aliphatic hydroxyl groups is 1. The van der Waals surface area contributed by atoms with Crippen molar-refractivity contribution in [1.29, 1.82) is 0 Å². The van der Waals surface area contributed by atoms with E-state index in [9.17, 15) is 14.4 Å². The number of nitrogens with one attached hydrogen (secondary N) is 1. The number of rotatable bonds is 6. The van der Waals surface area contributed by atoms with Crippen LogP contribution < -0.4 is 15.0 Å². The van der Waals surface area contributed by atoms with Crippen molar-refractivity contribution in [2.45, 2.75) is 32.0 Å². The zero-order valence-electron chi connectivity index (χ0n) is 15.8. The molecule has 9 nitrogen and oxygen atoms in total. The lowest BCUT2D eigenvalue weighted by molar-refractivity contribution is -0.136. The number of carbonyl (C=O) groups is 3. The number of hydrogen-bond donors (Lipinski definition) is 2. The fraction of sp³-hybridized carbons (Fsp3) is 0.526. The van der Waals surface area contributed by atoms with Gasteiger partial charge in [0, 0.05) is 38.5 Å². The minimum atomic E-state index is -0.461. The minimum absolute atomic E-state index is 0.00683. The summed E-state index contributed by atoms with van der Waals surface area (Å²) in [6.07, 6.45) is 0.601. The van der Waals surface area contributed by atoms with Crippen molar-refractivity contribution in [2.75, 3.05) is 37.7 Å². The highest BCUT2D eigenvalue weighted by molar-refractivity contribution is 5.89. The van der Waals surface area contributed by atoms with Gasteiger partial charge >= 0.3 is 6.09 Å². The molecule has 152 valence electrons. The van der Waals surface area contributed by atoms with E-state index in [0.29, 0.717) is 43.9 Å². The molecule has 3 amide bonds. The Morgan fingerprint density at radius 3 is 2.54 bits per heavy atom. The number of amides is 3. The predicted molar refractivity (Wildman–Crippen MR) is 100 cm³/mol. The smallest absolute Gasteiger partial charge is 0.414 e. The molecular weight excluding hydrogens is 366 g/mol. The van der Waals surface area contributed by atoms with Crippen molar-refractivity contribution in [2.24, 2.45) is 0 Å². The molecule has 2 saturated heterocycles. The first-order valence-electron chi connectivity index (χ1n) is 9.34. The van der Waals surface area contributed by atoms with E-state index >= 15 is 0 Å². The van der Waals surface area contributed by atoms with Gasteiger partial charge in [-0.15, -0.1) is 0 Å². The van der Waals surface area contributed by atoms with Gasteiger partial charge in [-0.1, -0.05) is 0 Å². The highest BCUT2D eigenvalue weighted by Gasteiger charge is 2.32. The highest BCUT2D eigenvalue weighted by atomic mass is 16.6. The summed E-state index contributed by atoms with van der Waals surface area (Å²) in [4.78, 5) is 37.7. The van der Waals surface area contributed by atoms with Crippen molar-refractivity contribution in [3.05, 3.63) is 24.3 Å². The number of carbonyl (C=O) groups excluding carboxylic acids is 3. The molecule has 2 aliphatic rings. The minimum Gasteiger partial charge on any atom is -0.490 e. The van der Waals surface area contributed by atoms with Gasteiger partial charge in [-0.25, -0.2) is 4.79 Å². The summed E-state index contributed by atoms with van der Waals surface area (Å²) in [5, 5.41) is 11.6. The van der Waals surface area contributed by atoms with Crippen LogP contribution >= 0.6 is 0 Å². The predicted octanol–water partition coefficient (Wildman–Crippen LogP) is 0.510. The van der Waals surface area contributed by atoms with Gasteiger partial charge in [0.2, 0.25) is 11.8 Å². The van der Waals surface area contributed by atoms with Crippen LogP contribution in [0.25, 0.3) is 0 Å². The lowest BCUT2D eigenvalue weighted by atomic mass is 10.1. The highest BCUT2D eigenvalue weighted by Crippen LogP contribution is 2.26. The molecular formula is C19H25N3O6. The Kier molecular flexibility index (Phi) is 6.35. The maximum absolute atomic E-state index is 12.1. The Morgan fingerprint density at radius 1 is 1.25 bits per heavy atom. The van der Waals surface area contributed by atoms with Crippen LogP contribution in [0.3, 0.4) is 0 Å². The first-order chi connectivity index (χ1) is 13.5. The van der Waals surface area contributed by atoms with E-state index in [0.717, 1.165) is 0 Å². The lowest BCUT2D eigenvalue weighted by Crippen LogP contribution is -2.42. The van der Waals surface area contributed by atoms with Gasteiger partial charge in [-0.05, 0) is 24.3 Å². The molecule has 2 heterocycles. The first kappa shape index (κ1) is 19.9. The largest absolute Gasteiger partial charge is 0.490 e. The Balaban J connectivity index is 1.51. The van der Waals surface area contributed by atoms with Crippen LogP contribution in [0.4, 0.5) is 10.5 Å². The van der Waals surface area contributed by atoms with Gasteiger partial charge in [0.25, 0.3) is 0 Å². The van der Waals surface area contributed by atoms with Gasteiger partial charge in [0.1, 0.15) is 24.6 Å². The molecule has 0 radical (unpaired) electrons. The summed E-state index contributed by atoms with van der Waals surface area (Å²) in [6, 6.07) is 7.19. The summed E-state index contributed by atoms with van der Waals surface area (Å²) in [6.45, 7) is 2.75. The third kappa shape index (κ3) is 4.92. The van der Waals surface area contributed by atoms with Gasteiger partial charge in [-0.3, -0.25) is 14.5 Å². The zero-order valence-corrected chi connectivity index (χ0v) is 15.8. The number of ether oxygens (including phenoxy) is 2. The molecule has 28 heavy (non-hydrogen) atoms. The first-order valence-corrected chi connectivity index (χ1v) is 9.34. The second-order valence-corrected chi connectivity index (χ2v) is 6.90. The van der Waals surface area contributed by atoms with E-state index < -0.39 is 12.7 Å². The van der Waals surface area contributed by atoms with E-state index in [4.69, 9.17) is 14.6 Å². The van der Waals surface area contributed by atoms with Crippen LogP contribution in [-0.4, -0.2) is 72.9 Å². The third-order valence-corrected chi connectivity index (χ3v) is 4.83. The summed E-state index contributed by atoms with van der Waals surface area (Å²) >= 11 is 0. The van der Waals surface area contributed by atoms with Crippen LogP contribution in [-0.2, 0) is 14.3 Å². The molecule has 0 aliphatic carbocycles. The van der Waals surface area contributed by atoms with Crippen LogP contribution in [0.5, 0.6) is 5.75 Å². The van der Waals surface area contributed by atoms with Gasteiger partial charge < -0.3 is 24.8 Å². The molecule has 1 aromatic rings. The average molecular weight is 391 g/mol. The SMILES string of the molecule is CC(=O)NC[C@H]1CN(c2ccc(OC3CCN(C(=O)CO)CC3)cc2)C(=O)O1. The molecule has 2 aliphatic heterocycles. The van der Waals surface area contributed by atoms with E-state index in [1.54, 1.807) is 29.2 Å². The van der Waals surface area contributed by atoms with E-state index in [1.807, 2.05) is 0 Å². The zero-order chi connectivity index (χ0) is 20.1. The molecule has 3 rings (SSSR count). The van der Waals surface area contributed by atoms with Gasteiger partial charge in [0.15, 0.2) is 0 Å². The van der Waals surface area contributed by atoms with Crippen molar-refractivity contribution in [3.8, 4) is 5.75 Å². The van der Waals surface area contributed by atoms with E-state index in [1.165, 1.54) is 11.8 Å². The third-order valence-electron chi connectivity index (χ3n) is 4.83. The summed E-state index contributed by atoms with van der Waals surface area (Å²) in [5.74, 6) is 0.276. The Labute approximate surface area is 163 Å². The number of piperidine rings is 1. The number of nitrogens with zero attached hydrogens (tertiary/aromatic N) is 2. The monoisotopic (exact) mass is 391 g/mol. The average Bonchev–Trinajstić information content (AvgIpc) is 3.07. The normalized spacial score (nSPS) is 20.1. The summed E-state index contributed by atoms with van der Waals surface area (Å²) < 4.78 is 11.2. The Hall–Kier alpha value is -2.81. The lowest BCUT2D eigenvalue weighted by Gasteiger charge is -2.31. The van der Waals surface area contributed by atoms with Crippen LogP contribution in [0, 0.1) is 0 Å². The second-order valence-electron chi connectivity index (χ2n) is 6.90. The molecule has 0 bridgehead atoms. The van der Waals surface area contributed by atoms with Gasteiger partial charge in [-0.2, -0.15) is 0 Å². The molecule has 2 fully saturated rings. The molecule has 2 N–H and O–H groups in total. The van der Waals surface area contributed by atoms with Crippen molar-refractivity contribution < 1.29 is 29.0 Å². The molecule has 9 heteroatoms. The molecule has 0 saturated carbocycles. The molecule has 0 aromatic heterocycles. The van der Waals surface area contributed by atoms with Crippen molar-refractivity contribution >= 4 is 23.6 Å². The molecule has 0 spiro atoms. The standard InChI is InChI=1S/C19H25N3O6/c1-13(24)20-10-17-11-22(19(26)28-17)14-2-4-15(5-3-14)27-16-6-8-21(9-7-16)18(25)12-23/h2-5,16-17,23H,6-12H2,1H3,(H,20,24)/t17-/m0/s1. The summed E-state index contributed by atoms with van der Waals surface area (Å²) in [7, 11) is 0. The Bertz CT molecular complexity index is 715. The van der Waals surface area contributed by atoms with E-state index in [2.05, 4.69) is 5.32 Å². The number of cyclic esters (lactones) is 1. The summed E-state index contributed by atoms with van der Waals surface area (Å²) in [5.41, 5.74) is 0.700. The fourth-order valence-electron chi connectivity index (χ4n) is 3.32. The molecule has 0 unspecified atom stereocenters. The molecule has 1 aromatic carbocycles. The maximum atomic E-state index is 12.1. The number of anilines is 1. The molecule has 1 atom stereocenters. The van der Waals surface area contributed by atoms with Gasteiger partial charge in [0.05, 0.1) is 13.1 Å².